The Balaban J connectivity index is 2.26. The van der Waals surface area contributed by atoms with Crippen molar-refractivity contribution in [3.05, 3.63) is 52.0 Å². The molecule has 0 spiro atoms. The molecule has 0 saturated carbocycles. The topological polar surface area (TPSA) is 58.0 Å². The Morgan fingerprint density at radius 2 is 1.95 bits per heavy atom. The van der Waals surface area contributed by atoms with Gasteiger partial charge in [-0.1, -0.05) is 32.1 Å². The summed E-state index contributed by atoms with van der Waals surface area (Å²) in [7, 11) is 0. The Bertz CT molecular complexity index is 618. The number of rotatable bonds is 4. The van der Waals surface area contributed by atoms with Crippen LogP contribution in [0.1, 0.15) is 37.9 Å². The lowest BCUT2D eigenvalue weighted by atomic mass is 10.0. The van der Waals surface area contributed by atoms with Gasteiger partial charge in [-0.3, -0.25) is 0 Å². The highest BCUT2D eigenvalue weighted by atomic mass is 16.5. The molecule has 4 heteroatoms. The maximum absolute atomic E-state index is 11.6. The highest BCUT2D eigenvalue weighted by Gasteiger charge is 2.09. The third-order valence-corrected chi connectivity index (χ3v) is 2.91. The summed E-state index contributed by atoms with van der Waals surface area (Å²) in [6.45, 7) is 6.17. The zero-order valence-electron chi connectivity index (χ0n) is 11.4. The van der Waals surface area contributed by atoms with E-state index in [1.807, 2.05) is 25.1 Å². The Kier molecular flexibility index (Phi) is 3.90. The van der Waals surface area contributed by atoms with E-state index in [2.05, 4.69) is 36.5 Å². The molecule has 0 saturated heterocycles. The molecule has 2 aromatic rings. The molecule has 0 aliphatic carbocycles. The first-order valence-corrected chi connectivity index (χ1v) is 6.33. The lowest BCUT2D eigenvalue weighted by Gasteiger charge is -2.07. The molecule has 1 heterocycles. The van der Waals surface area contributed by atoms with Crippen LogP contribution in [0.25, 0.3) is 6.08 Å². The highest BCUT2D eigenvalue weighted by molar-refractivity contribution is 5.68. The highest BCUT2D eigenvalue weighted by Crippen LogP contribution is 2.21. The van der Waals surface area contributed by atoms with Crippen molar-refractivity contribution >= 4 is 17.5 Å². The molecule has 4 nitrogen and oxygen atoms in total. The van der Waals surface area contributed by atoms with Crippen molar-refractivity contribution < 1.29 is 4.52 Å². The molecule has 1 aromatic heterocycles. The molecule has 2 N–H and O–H groups in total. The summed E-state index contributed by atoms with van der Waals surface area (Å²) >= 11 is 0. The van der Waals surface area contributed by atoms with Crippen LogP contribution in [0.4, 0.5) is 11.4 Å². The molecule has 0 radical (unpaired) electrons. The van der Waals surface area contributed by atoms with E-state index in [-0.39, 0.29) is 0 Å². The normalized spacial score (nSPS) is 11.4. The van der Waals surface area contributed by atoms with E-state index in [4.69, 9.17) is 4.52 Å². The summed E-state index contributed by atoms with van der Waals surface area (Å²) in [5.74, 6) is 0.491. The summed E-state index contributed by atoms with van der Waals surface area (Å²) in [6, 6.07) is 8.02. The van der Waals surface area contributed by atoms with E-state index in [0.29, 0.717) is 17.3 Å². The predicted octanol–water partition coefficient (Wildman–Crippen LogP) is 3.87. The fraction of sp³-hybridized carbons (Fsp3) is 0.267. The minimum absolute atomic E-state index is 0.402. The van der Waals surface area contributed by atoms with Crippen molar-refractivity contribution in [3.63, 3.8) is 0 Å². The molecule has 0 fully saturated rings. The van der Waals surface area contributed by atoms with E-state index < -0.39 is 5.63 Å². The number of H-pyrrole nitrogens is 1. The van der Waals surface area contributed by atoms with Gasteiger partial charge in [0.15, 0.2) is 5.69 Å². The summed E-state index contributed by atoms with van der Waals surface area (Å²) in [4.78, 5) is 11.6. The minimum atomic E-state index is -0.402. The van der Waals surface area contributed by atoms with Gasteiger partial charge in [0.2, 0.25) is 0 Å². The molecule has 100 valence electrons. The first-order valence-electron chi connectivity index (χ1n) is 6.33. The van der Waals surface area contributed by atoms with E-state index in [9.17, 15) is 4.79 Å². The number of hydrogen-bond donors (Lipinski definition) is 2. The van der Waals surface area contributed by atoms with E-state index in [1.54, 1.807) is 6.08 Å². The molecule has 2 rings (SSSR count). The van der Waals surface area contributed by atoms with Crippen LogP contribution in [-0.2, 0) is 0 Å². The fourth-order valence-corrected chi connectivity index (χ4v) is 1.81. The number of nitrogens with one attached hydrogen (secondary N) is 2. The third kappa shape index (κ3) is 2.96. The molecule has 0 unspecified atom stereocenters. The second-order valence-electron chi connectivity index (χ2n) is 4.68. The number of anilines is 2. The summed E-state index contributed by atoms with van der Waals surface area (Å²) in [5, 5.41) is 5.67. The van der Waals surface area contributed by atoms with Crippen molar-refractivity contribution in [1.29, 1.82) is 0 Å². The SMILES string of the molecule is CC=Cc1[nH]oc(=O)c1Nc1ccc(C(C)C)cc1. The van der Waals surface area contributed by atoms with Gasteiger partial charge in [-0.15, -0.1) is 0 Å². The van der Waals surface area contributed by atoms with Gasteiger partial charge in [0, 0.05) is 5.69 Å². The van der Waals surface area contributed by atoms with Gasteiger partial charge in [-0.25, -0.2) is 9.95 Å². The maximum atomic E-state index is 11.6. The van der Waals surface area contributed by atoms with E-state index in [0.717, 1.165) is 5.69 Å². The number of benzene rings is 1. The number of aromatic nitrogens is 1. The molecule has 0 aliphatic heterocycles. The quantitative estimate of drug-likeness (QED) is 0.875. The largest absolute Gasteiger partial charge is 0.381 e. The molecule has 0 atom stereocenters. The van der Waals surface area contributed by atoms with Crippen LogP contribution in [0.15, 0.2) is 39.7 Å². The van der Waals surface area contributed by atoms with Crippen LogP contribution >= 0.6 is 0 Å². The average Bonchev–Trinajstić information content (AvgIpc) is 2.73. The van der Waals surface area contributed by atoms with Crippen LogP contribution < -0.4 is 10.9 Å². The summed E-state index contributed by atoms with van der Waals surface area (Å²) in [5.41, 5.74) is 2.79. The van der Waals surface area contributed by atoms with Crippen LogP contribution in [-0.4, -0.2) is 5.16 Å². The fourth-order valence-electron chi connectivity index (χ4n) is 1.81. The number of aromatic amines is 1. The van der Waals surface area contributed by atoms with Gasteiger partial charge in [0.1, 0.15) is 5.69 Å². The molecule has 0 amide bonds. The second-order valence-corrected chi connectivity index (χ2v) is 4.68. The standard InChI is InChI=1S/C15H18N2O2/c1-4-5-13-14(15(18)19-17-13)16-12-8-6-11(7-9-12)10(2)3/h4-10,16-17H,1-3H3. The first kappa shape index (κ1) is 13.2. The zero-order chi connectivity index (χ0) is 13.8. The Morgan fingerprint density at radius 1 is 1.26 bits per heavy atom. The van der Waals surface area contributed by atoms with Crippen LogP contribution in [0, 0.1) is 0 Å². The molecule has 0 bridgehead atoms. The smallest absolute Gasteiger partial charge is 0.348 e. The van der Waals surface area contributed by atoms with Gasteiger partial charge in [0.05, 0.1) is 0 Å². The molecule has 19 heavy (non-hydrogen) atoms. The molecule has 0 aliphatic rings. The van der Waals surface area contributed by atoms with E-state index >= 15 is 0 Å². The van der Waals surface area contributed by atoms with Crippen molar-refractivity contribution in [3.8, 4) is 0 Å². The Morgan fingerprint density at radius 3 is 2.53 bits per heavy atom. The Hall–Kier alpha value is -2.23. The zero-order valence-corrected chi connectivity index (χ0v) is 11.4. The van der Waals surface area contributed by atoms with Gasteiger partial charge in [-0.2, -0.15) is 0 Å². The van der Waals surface area contributed by atoms with Crippen molar-refractivity contribution in [2.45, 2.75) is 26.7 Å². The minimum Gasteiger partial charge on any atom is -0.348 e. The summed E-state index contributed by atoms with van der Waals surface area (Å²) in [6.07, 6.45) is 3.63. The second kappa shape index (κ2) is 5.61. The lowest BCUT2D eigenvalue weighted by Crippen LogP contribution is -2.03. The van der Waals surface area contributed by atoms with Crippen molar-refractivity contribution in [2.75, 3.05) is 5.32 Å². The number of hydrogen-bond acceptors (Lipinski definition) is 3. The van der Waals surface area contributed by atoms with Gasteiger partial charge >= 0.3 is 5.63 Å². The average molecular weight is 258 g/mol. The van der Waals surface area contributed by atoms with Crippen LogP contribution in [0.2, 0.25) is 0 Å². The third-order valence-electron chi connectivity index (χ3n) is 2.91. The molecular formula is C15H18N2O2. The van der Waals surface area contributed by atoms with Crippen LogP contribution in [0.5, 0.6) is 0 Å². The molecular weight excluding hydrogens is 240 g/mol. The van der Waals surface area contributed by atoms with Gasteiger partial charge < -0.3 is 9.84 Å². The van der Waals surface area contributed by atoms with Gasteiger partial charge in [0.25, 0.3) is 0 Å². The predicted molar refractivity (Wildman–Crippen MR) is 77.9 cm³/mol. The van der Waals surface area contributed by atoms with Crippen LogP contribution in [0.3, 0.4) is 0 Å². The number of allylic oxidation sites excluding steroid dienone is 1. The lowest BCUT2D eigenvalue weighted by molar-refractivity contribution is 0.391. The van der Waals surface area contributed by atoms with E-state index in [1.165, 1.54) is 5.56 Å². The molecule has 1 aromatic carbocycles. The van der Waals surface area contributed by atoms with Gasteiger partial charge in [-0.05, 0) is 36.6 Å². The first-order chi connectivity index (χ1) is 9.11. The van der Waals surface area contributed by atoms with Crippen molar-refractivity contribution in [1.82, 2.24) is 5.16 Å². The summed E-state index contributed by atoms with van der Waals surface area (Å²) < 4.78 is 4.79. The Labute approximate surface area is 112 Å². The monoisotopic (exact) mass is 258 g/mol. The van der Waals surface area contributed by atoms with Crippen molar-refractivity contribution in [2.24, 2.45) is 0 Å². The maximum Gasteiger partial charge on any atom is 0.381 e.